The van der Waals surface area contributed by atoms with Gasteiger partial charge in [-0.15, -0.1) is 11.3 Å². The number of thiazole rings is 1. The summed E-state index contributed by atoms with van der Waals surface area (Å²) in [6.45, 7) is 0. The predicted octanol–water partition coefficient (Wildman–Crippen LogP) is 2.78. The molecule has 21 heavy (non-hydrogen) atoms. The highest BCUT2D eigenvalue weighted by molar-refractivity contribution is 8.00. The number of amides is 1. The van der Waals surface area contributed by atoms with E-state index in [4.69, 9.17) is 4.74 Å². The molecule has 108 valence electrons. The molecule has 1 atom stereocenters. The van der Waals surface area contributed by atoms with Crippen LogP contribution in [0.2, 0.25) is 0 Å². The third-order valence-corrected chi connectivity index (χ3v) is 5.11. The molecule has 0 aliphatic carbocycles. The quantitative estimate of drug-likeness (QED) is 0.814. The molecule has 0 saturated carbocycles. The Bertz CT molecular complexity index is 673. The number of fused-ring (bicyclic) bond motifs is 1. The first-order valence-corrected chi connectivity index (χ1v) is 8.02. The topological polar surface area (TPSA) is 59.5 Å². The zero-order valence-corrected chi connectivity index (χ0v) is 12.8. The molecule has 1 aliphatic heterocycles. The number of aromatic nitrogens is 1. The molecule has 0 radical (unpaired) electrons. The minimum absolute atomic E-state index is 0.126. The molecular formula is C14H12N2O3S2. The van der Waals surface area contributed by atoms with E-state index in [1.165, 1.54) is 30.2 Å². The minimum atomic E-state index is -0.346. The highest BCUT2D eigenvalue weighted by Gasteiger charge is 2.36. The second-order valence-corrected chi connectivity index (χ2v) is 6.43. The van der Waals surface area contributed by atoms with Crippen molar-refractivity contribution in [2.24, 2.45) is 0 Å². The Morgan fingerprint density at radius 2 is 2.24 bits per heavy atom. The van der Waals surface area contributed by atoms with Crippen LogP contribution in [0.3, 0.4) is 0 Å². The number of nitrogens with zero attached hydrogens (tertiary/aromatic N) is 2. The lowest BCUT2D eigenvalue weighted by Crippen LogP contribution is -2.43. The second-order valence-electron chi connectivity index (χ2n) is 4.34. The summed E-state index contributed by atoms with van der Waals surface area (Å²) in [6, 6.07) is 7.40. The molecule has 0 N–H and O–H groups in total. The number of hydrogen-bond donors (Lipinski definition) is 0. The summed E-state index contributed by atoms with van der Waals surface area (Å²) in [5.41, 5.74) is 0.638. The average molecular weight is 320 g/mol. The van der Waals surface area contributed by atoms with Gasteiger partial charge >= 0.3 is 5.97 Å². The van der Waals surface area contributed by atoms with Gasteiger partial charge in [0.25, 0.3) is 5.91 Å². The maximum absolute atomic E-state index is 12.7. The molecule has 3 rings (SSSR count). The summed E-state index contributed by atoms with van der Waals surface area (Å²) in [5, 5.41) is 2.06. The number of methoxy groups -OCH3 is 1. The first-order valence-electron chi connectivity index (χ1n) is 6.26. The number of esters is 1. The number of rotatable bonds is 3. The van der Waals surface area contributed by atoms with E-state index in [0.29, 0.717) is 10.7 Å². The molecule has 2 aromatic rings. The Morgan fingerprint density at radius 3 is 2.95 bits per heavy atom. The molecule has 5 nitrogen and oxygen atoms in total. The van der Waals surface area contributed by atoms with E-state index < -0.39 is 0 Å². The fourth-order valence-electron chi connectivity index (χ4n) is 2.11. The zero-order chi connectivity index (χ0) is 14.8. The van der Waals surface area contributed by atoms with E-state index in [9.17, 15) is 9.59 Å². The van der Waals surface area contributed by atoms with Gasteiger partial charge in [-0.25, -0.2) is 4.98 Å². The van der Waals surface area contributed by atoms with Crippen LogP contribution in [0, 0.1) is 0 Å². The second kappa shape index (κ2) is 5.87. The molecule has 1 aromatic carbocycles. The van der Waals surface area contributed by atoms with Crippen molar-refractivity contribution >= 4 is 40.1 Å². The summed E-state index contributed by atoms with van der Waals surface area (Å²) in [7, 11) is 1.35. The van der Waals surface area contributed by atoms with Crippen LogP contribution in [0.1, 0.15) is 16.8 Å². The van der Waals surface area contributed by atoms with Gasteiger partial charge in [0.05, 0.1) is 19.1 Å². The number of carbonyl (C=O) groups is 2. The average Bonchev–Trinajstić information content (AvgIpc) is 3.01. The SMILES string of the molecule is COC(=O)CC1Sc2ccccc2C(=O)N1c1nccs1. The molecular weight excluding hydrogens is 308 g/mol. The summed E-state index contributed by atoms with van der Waals surface area (Å²) >= 11 is 2.86. The fourth-order valence-corrected chi connectivity index (χ4v) is 4.12. The first kappa shape index (κ1) is 14.1. The lowest BCUT2D eigenvalue weighted by atomic mass is 10.2. The summed E-state index contributed by atoms with van der Waals surface area (Å²) in [4.78, 5) is 31.0. The molecule has 1 amide bonds. The molecule has 1 aliphatic rings. The smallest absolute Gasteiger partial charge is 0.308 e. The summed E-state index contributed by atoms with van der Waals surface area (Å²) in [5.74, 6) is -0.477. The normalized spacial score (nSPS) is 17.5. The largest absolute Gasteiger partial charge is 0.469 e. The van der Waals surface area contributed by atoms with Crippen LogP contribution in [-0.2, 0) is 9.53 Å². The number of anilines is 1. The molecule has 7 heteroatoms. The highest BCUT2D eigenvalue weighted by Crippen LogP contribution is 2.40. The van der Waals surface area contributed by atoms with Crippen molar-refractivity contribution < 1.29 is 14.3 Å². The van der Waals surface area contributed by atoms with Gasteiger partial charge in [-0.3, -0.25) is 14.5 Å². The Balaban J connectivity index is 2.01. The Hall–Kier alpha value is -1.86. The fraction of sp³-hybridized carbons (Fsp3) is 0.214. The highest BCUT2D eigenvalue weighted by atomic mass is 32.2. The maximum Gasteiger partial charge on any atom is 0.308 e. The first-order chi connectivity index (χ1) is 10.2. The van der Waals surface area contributed by atoms with Gasteiger partial charge in [0.2, 0.25) is 0 Å². The summed E-state index contributed by atoms with van der Waals surface area (Å²) in [6.07, 6.45) is 1.77. The van der Waals surface area contributed by atoms with E-state index in [1.54, 1.807) is 17.2 Å². The van der Waals surface area contributed by atoms with E-state index in [2.05, 4.69) is 4.98 Å². The molecule has 1 aromatic heterocycles. The van der Waals surface area contributed by atoms with Crippen molar-refractivity contribution in [1.82, 2.24) is 4.98 Å². The van der Waals surface area contributed by atoms with Gasteiger partial charge in [-0.2, -0.15) is 0 Å². The van der Waals surface area contributed by atoms with Crippen molar-refractivity contribution in [2.45, 2.75) is 16.7 Å². The predicted molar refractivity (Wildman–Crippen MR) is 81.6 cm³/mol. The Morgan fingerprint density at radius 1 is 1.43 bits per heavy atom. The van der Waals surface area contributed by atoms with Crippen LogP contribution in [0.4, 0.5) is 5.13 Å². The lowest BCUT2D eigenvalue weighted by molar-refractivity contribution is -0.140. The molecule has 0 saturated heterocycles. The van der Waals surface area contributed by atoms with E-state index in [0.717, 1.165) is 4.90 Å². The van der Waals surface area contributed by atoms with Crippen molar-refractivity contribution in [3.05, 3.63) is 41.4 Å². The van der Waals surface area contributed by atoms with E-state index >= 15 is 0 Å². The van der Waals surface area contributed by atoms with Gasteiger partial charge in [-0.1, -0.05) is 23.9 Å². The number of benzene rings is 1. The van der Waals surface area contributed by atoms with E-state index in [-0.39, 0.29) is 23.7 Å². The number of hydrogen-bond acceptors (Lipinski definition) is 6. The van der Waals surface area contributed by atoms with Crippen LogP contribution in [0.15, 0.2) is 40.7 Å². The third-order valence-electron chi connectivity index (χ3n) is 3.08. The number of thioether (sulfide) groups is 1. The van der Waals surface area contributed by atoms with Crippen LogP contribution in [0.5, 0.6) is 0 Å². The monoisotopic (exact) mass is 320 g/mol. The molecule has 1 unspecified atom stereocenters. The maximum atomic E-state index is 12.7. The van der Waals surface area contributed by atoms with Crippen molar-refractivity contribution in [2.75, 3.05) is 12.0 Å². The number of carbonyl (C=O) groups excluding carboxylic acids is 2. The van der Waals surface area contributed by atoms with Crippen LogP contribution in [-0.4, -0.2) is 29.3 Å². The third kappa shape index (κ3) is 2.66. The van der Waals surface area contributed by atoms with Crippen LogP contribution in [0.25, 0.3) is 0 Å². The van der Waals surface area contributed by atoms with Gasteiger partial charge in [-0.05, 0) is 12.1 Å². The molecule has 0 spiro atoms. The van der Waals surface area contributed by atoms with Crippen molar-refractivity contribution in [3.8, 4) is 0 Å². The van der Waals surface area contributed by atoms with Gasteiger partial charge < -0.3 is 4.74 Å². The minimum Gasteiger partial charge on any atom is -0.469 e. The zero-order valence-electron chi connectivity index (χ0n) is 11.2. The van der Waals surface area contributed by atoms with Crippen molar-refractivity contribution in [1.29, 1.82) is 0 Å². The summed E-state index contributed by atoms with van der Waals surface area (Å²) < 4.78 is 4.73. The molecule has 0 bridgehead atoms. The van der Waals surface area contributed by atoms with E-state index in [1.807, 2.05) is 23.6 Å². The lowest BCUT2D eigenvalue weighted by Gasteiger charge is -2.33. The van der Waals surface area contributed by atoms with Crippen molar-refractivity contribution in [3.63, 3.8) is 0 Å². The van der Waals surface area contributed by atoms with Gasteiger partial charge in [0.1, 0.15) is 5.37 Å². The Labute approximate surface area is 129 Å². The molecule has 2 heterocycles. The van der Waals surface area contributed by atoms with Crippen LogP contribution >= 0.6 is 23.1 Å². The van der Waals surface area contributed by atoms with Gasteiger partial charge in [0, 0.05) is 16.5 Å². The van der Waals surface area contributed by atoms with Crippen LogP contribution < -0.4 is 4.90 Å². The number of ether oxygens (including phenoxy) is 1. The standard InChI is InChI=1S/C14H12N2O3S2/c1-19-12(17)8-11-16(14-15-6-7-20-14)13(18)9-4-2-3-5-10(9)21-11/h2-7,11H,8H2,1H3. The Kier molecular flexibility index (Phi) is 3.94. The van der Waals surface area contributed by atoms with Gasteiger partial charge in [0.15, 0.2) is 5.13 Å². The molecule has 0 fully saturated rings.